The van der Waals surface area contributed by atoms with Gasteiger partial charge < -0.3 is 0 Å². The van der Waals surface area contributed by atoms with E-state index in [1.165, 1.54) is 0 Å². The Morgan fingerprint density at radius 3 is 2.65 bits per heavy atom. The molecule has 0 radical (unpaired) electrons. The molecule has 0 aliphatic carbocycles. The first-order valence-corrected chi connectivity index (χ1v) is 6.94. The van der Waals surface area contributed by atoms with Crippen LogP contribution in [0.25, 0.3) is 16.9 Å². The van der Waals surface area contributed by atoms with Crippen molar-refractivity contribution in [3.63, 3.8) is 0 Å². The third kappa shape index (κ3) is 2.58. The van der Waals surface area contributed by atoms with E-state index in [1.807, 2.05) is 49.6 Å². The number of halogens is 1. The monoisotopic (exact) mass is 283 g/mol. The standard InChI is InChI=1S/C16H14ClN3/c1-12-7-13(9-17)8-16(19-12)20-11-15(10-18-20)14-5-3-2-4-6-14/h2-8,10-11H,9H2,1H3. The van der Waals surface area contributed by atoms with Gasteiger partial charge >= 0.3 is 0 Å². The number of aryl methyl sites for hydroxylation is 1. The maximum absolute atomic E-state index is 5.90. The zero-order chi connectivity index (χ0) is 13.9. The van der Waals surface area contributed by atoms with Crippen LogP contribution in [0.2, 0.25) is 0 Å². The predicted molar refractivity (Wildman–Crippen MR) is 81.1 cm³/mol. The summed E-state index contributed by atoms with van der Waals surface area (Å²) in [5, 5.41) is 4.39. The highest BCUT2D eigenvalue weighted by Crippen LogP contribution is 2.20. The molecule has 20 heavy (non-hydrogen) atoms. The van der Waals surface area contributed by atoms with Gasteiger partial charge in [0.2, 0.25) is 0 Å². The quantitative estimate of drug-likeness (QED) is 0.681. The van der Waals surface area contributed by atoms with Crippen molar-refractivity contribution < 1.29 is 0 Å². The number of pyridine rings is 1. The van der Waals surface area contributed by atoms with E-state index in [9.17, 15) is 0 Å². The maximum Gasteiger partial charge on any atom is 0.153 e. The molecular weight excluding hydrogens is 270 g/mol. The van der Waals surface area contributed by atoms with Crippen LogP contribution in [-0.4, -0.2) is 14.8 Å². The molecule has 2 aromatic heterocycles. The molecule has 0 aliphatic rings. The minimum absolute atomic E-state index is 0.475. The SMILES string of the molecule is Cc1cc(CCl)cc(-n2cc(-c3ccccc3)cn2)n1. The van der Waals surface area contributed by atoms with Gasteiger partial charge in [-0.05, 0) is 30.2 Å². The number of aromatic nitrogens is 3. The molecule has 0 N–H and O–H groups in total. The van der Waals surface area contributed by atoms with E-state index < -0.39 is 0 Å². The fraction of sp³-hybridized carbons (Fsp3) is 0.125. The van der Waals surface area contributed by atoms with Crippen LogP contribution in [0.5, 0.6) is 0 Å². The van der Waals surface area contributed by atoms with Crippen molar-refractivity contribution in [1.29, 1.82) is 0 Å². The summed E-state index contributed by atoms with van der Waals surface area (Å²) in [7, 11) is 0. The van der Waals surface area contributed by atoms with Gasteiger partial charge in [0.05, 0.1) is 6.20 Å². The molecule has 100 valence electrons. The van der Waals surface area contributed by atoms with Gasteiger partial charge in [0.1, 0.15) is 0 Å². The summed E-state index contributed by atoms with van der Waals surface area (Å²) in [6.45, 7) is 1.96. The van der Waals surface area contributed by atoms with Crippen LogP contribution in [0.4, 0.5) is 0 Å². The number of nitrogens with zero attached hydrogens (tertiary/aromatic N) is 3. The molecule has 3 rings (SSSR count). The molecule has 0 atom stereocenters. The zero-order valence-corrected chi connectivity index (χ0v) is 11.9. The Labute approximate surface area is 122 Å². The van der Waals surface area contributed by atoms with E-state index in [-0.39, 0.29) is 0 Å². The summed E-state index contributed by atoms with van der Waals surface area (Å²) in [5.41, 5.74) is 4.20. The second kappa shape index (κ2) is 5.47. The summed E-state index contributed by atoms with van der Waals surface area (Å²) in [6, 6.07) is 14.1. The summed E-state index contributed by atoms with van der Waals surface area (Å²) in [5.74, 6) is 1.27. The van der Waals surface area contributed by atoms with E-state index in [0.717, 1.165) is 28.2 Å². The van der Waals surface area contributed by atoms with Gasteiger partial charge in [-0.15, -0.1) is 11.6 Å². The average Bonchev–Trinajstić information content (AvgIpc) is 2.97. The lowest BCUT2D eigenvalue weighted by molar-refractivity contribution is 0.838. The minimum Gasteiger partial charge on any atom is -0.234 e. The molecule has 3 aromatic rings. The Kier molecular flexibility index (Phi) is 3.52. The first kappa shape index (κ1) is 12.9. The summed E-state index contributed by atoms with van der Waals surface area (Å²) in [4.78, 5) is 4.50. The highest BCUT2D eigenvalue weighted by Gasteiger charge is 2.06. The molecule has 0 aliphatic heterocycles. The number of benzene rings is 1. The third-order valence-electron chi connectivity index (χ3n) is 3.08. The van der Waals surface area contributed by atoms with Gasteiger partial charge in [-0.25, -0.2) is 9.67 Å². The first-order valence-electron chi connectivity index (χ1n) is 6.40. The van der Waals surface area contributed by atoms with Gasteiger partial charge in [0, 0.05) is 23.3 Å². The summed E-state index contributed by atoms with van der Waals surface area (Å²) >= 11 is 5.90. The fourth-order valence-electron chi connectivity index (χ4n) is 2.14. The van der Waals surface area contributed by atoms with Gasteiger partial charge in [-0.3, -0.25) is 0 Å². The Balaban J connectivity index is 2.00. The van der Waals surface area contributed by atoms with Crippen molar-refractivity contribution >= 4 is 11.6 Å². The first-order chi connectivity index (χ1) is 9.76. The maximum atomic E-state index is 5.90. The van der Waals surface area contributed by atoms with Gasteiger partial charge in [0.15, 0.2) is 5.82 Å². The Hall–Kier alpha value is -2.13. The molecule has 0 saturated heterocycles. The van der Waals surface area contributed by atoms with Crippen LogP contribution in [0.15, 0.2) is 54.9 Å². The number of hydrogen-bond acceptors (Lipinski definition) is 2. The van der Waals surface area contributed by atoms with Gasteiger partial charge in [0.25, 0.3) is 0 Å². The lowest BCUT2D eigenvalue weighted by atomic mass is 10.1. The van der Waals surface area contributed by atoms with Crippen LogP contribution < -0.4 is 0 Å². The van der Waals surface area contributed by atoms with Crippen molar-refractivity contribution in [3.05, 3.63) is 66.1 Å². The highest BCUT2D eigenvalue weighted by atomic mass is 35.5. The Morgan fingerprint density at radius 1 is 1.10 bits per heavy atom. The van der Waals surface area contributed by atoms with E-state index in [4.69, 9.17) is 11.6 Å². The molecular formula is C16H14ClN3. The van der Waals surface area contributed by atoms with E-state index >= 15 is 0 Å². The van der Waals surface area contributed by atoms with Crippen LogP contribution in [0.3, 0.4) is 0 Å². The molecule has 4 heteroatoms. The Morgan fingerprint density at radius 2 is 1.90 bits per heavy atom. The summed E-state index contributed by atoms with van der Waals surface area (Å²) in [6.07, 6.45) is 3.83. The molecule has 0 fully saturated rings. The second-order valence-corrected chi connectivity index (χ2v) is 4.92. The number of alkyl halides is 1. The van der Waals surface area contributed by atoms with Crippen molar-refractivity contribution in [1.82, 2.24) is 14.8 Å². The Bertz CT molecular complexity index is 720. The van der Waals surface area contributed by atoms with Crippen LogP contribution in [-0.2, 0) is 5.88 Å². The fourth-order valence-corrected chi connectivity index (χ4v) is 2.30. The lowest BCUT2D eigenvalue weighted by Crippen LogP contribution is -2.00. The second-order valence-electron chi connectivity index (χ2n) is 4.65. The number of rotatable bonds is 3. The zero-order valence-electron chi connectivity index (χ0n) is 11.1. The van der Waals surface area contributed by atoms with Crippen molar-refractivity contribution in [2.45, 2.75) is 12.8 Å². The van der Waals surface area contributed by atoms with Crippen LogP contribution >= 0.6 is 11.6 Å². The van der Waals surface area contributed by atoms with Gasteiger partial charge in [-0.2, -0.15) is 5.10 Å². The van der Waals surface area contributed by atoms with Crippen molar-refractivity contribution in [2.75, 3.05) is 0 Å². The molecule has 2 heterocycles. The lowest BCUT2D eigenvalue weighted by Gasteiger charge is -2.04. The smallest absolute Gasteiger partial charge is 0.153 e. The average molecular weight is 284 g/mol. The highest BCUT2D eigenvalue weighted by molar-refractivity contribution is 6.17. The molecule has 3 nitrogen and oxygen atoms in total. The molecule has 0 amide bonds. The molecule has 0 bridgehead atoms. The largest absolute Gasteiger partial charge is 0.234 e. The predicted octanol–water partition coefficient (Wildman–Crippen LogP) is 3.98. The topological polar surface area (TPSA) is 30.7 Å². The van der Waals surface area contributed by atoms with E-state index in [1.54, 1.807) is 4.68 Å². The summed E-state index contributed by atoms with van der Waals surface area (Å²) < 4.78 is 1.78. The van der Waals surface area contributed by atoms with Crippen LogP contribution in [0, 0.1) is 6.92 Å². The molecule has 0 saturated carbocycles. The van der Waals surface area contributed by atoms with Crippen molar-refractivity contribution in [3.8, 4) is 16.9 Å². The van der Waals surface area contributed by atoms with Crippen LogP contribution in [0.1, 0.15) is 11.3 Å². The molecule has 0 unspecified atom stereocenters. The van der Waals surface area contributed by atoms with Gasteiger partial charge in [-0.1, -0.05) is 30.3 Å². The normalized spacial score (nSPS) is 10.7. The van der Waals surface area contributed by atoms with E-state index in [0.29, 0.717) is 5.88 Å². The molecule has 0 spiro atoms. The van der Waals surface area contributed by atoms with E-state index in [2.05, 4.69) is 22.2 Å². The molecule has 1 aromatic carbocycles. The number of hydrogen-bond donors (Lipinski definition) is 0. The minimum atomic E-state index is 0.475. The third-order valence-corrected chi connectivity index (χ3v) is 3.39. The van der Waals surface area contributed by atoms with Crippen molar-refractivity contribution in [2.24, 2.45) is 0 Å².